The van der Waals surface area contributed by atoms with Gasteiger partial charge in [-0.15, -0.1) is 10.2 Å². The third-order valence-corrected chi connectivity index (χ3v) is 3.86. The van der Waals surface area contributed by atoms with Gasteiger partial charge in [0, 0.05) is 19.3 Å². The Morgan fingerprint density at radius 2 is 2.40 bits per heavy atom. The van der Waals surface area contributed by atoms with E-state index in [1.807, 2.05) is 12.3 Å². The van der Waals surface area contributed by atoms with Crippen LogP contribution in [0.5, 0.6) is 0 Å². The number of hydrogen-bond donors (Lipinski definition) is 1. The zero-order chi connectivity index (χ0) is 14.1. The Morgan fingerprint density at radius 3 is 3.15 bits per heavy atom. The van der Waals surface area contributed by atoms with E-state index in [2.05, 4.69) is 22.0 Å². The predicted molar refractivity (Wildman–Crippen MR) is 75.2 cm³/mol. The van der Waals surface area contributed by atoms with E-state index in [0.29, 0.717) is 11.2 Å². The Morgan fingerprint density at radius 1 is 1.55 bits per heavy atom. The molecule has 1 aliphatic rings. The van der Waals surface area contributed by atoms with E-state index in [-0.39, 0.29) is 0 Å². The third-order valence-electron chi connectivity index (χ3n) is 3.86. The Kier molecular flexibility index (Phi) is 3.40. The van der Waals surface area contributed by atoms with Gasteiger partial charge in [-0.2, -0.15) is 0 Å². The number of nitrogens with zero attached hydrogens (tertiary/aromatic N) is 4. The molecule has 0 spiro atoms. The summed E-state index contributed by atoms with van der Waals surface area (Å²) in [5.74, 6) is 0.273. The summed E-state index contributed by atoms with van der Waals surface area (Å²) in [5, 5.41) is 7.77. The highest BCUT2D eigenvalue weighted by molar-refractivity contribution is 5.98. The van der Waals surface area contributed by atoms with Crippen LogP contribution in [-0.2, 0) is 6.54 Å². The molecule has 1 fully saturated rings. The summed E-state index contributed by atoms with van der Waals surface area (Å²) in [6.45, 7) is 5.32. The van der Waals surface area contributed by atoms with E-state index >= 15 is 0 Å². The fraction of sp³-hybridized carbons (Fsp3) is 0.500. The average Bonchev–Trinajstić information content (AvgIpc) is 2.85. The Labute approximate surface area is 117 Å². The number of likely N-dealkylation sites (tertiary alicyclic amines) is 1. The molecule has 1 saturated heterocycles. The lowest BCUT2D eigenvalue weighted by molar-refractivity contribution is 0.100. The predicted octanol–water partition coefficient (Wildman–Crippen LogP) is 1.06. The van der Waals surface area contributed by atoms with Crippen molar-refractivity contribution >= 4 is 11.6 Å². The lowest BCUT2D eigenvalue weighted by Crippen LogP contribution is -2.33. The highest BCUT2D eigenvalue weighted by Gasteiger charge is 2.18. The standard InChI is InChI=1S/C14H19N5O/c1-10-3-2-4-18(6-10)7-11-5-12(13(15)20)14-17-16-9-19(14)8-11/h5,8-10H,2-4,6-7H2,1H3,(H2,15,20)/t10-/m1/s1. The van der Waals surface area contributed by atoms with Crippen molar-refractivity contribution in [2.75, 3.05) is 13.1 Å². The first-order chi connectivity index (χ1) is 9.63. The lowest BCUT2D eigenvalue weighted by atomic mass is 10.00. The summed E-state index contributed by atoms with van der Waals surface area (Å²) < 4.78 is 1.77. The molecule has 20 heavy (non-hydrogen) atoms. The first-order valence-electron chi connectivity index (χ1n) is 6.98. The Hall–Kier alpha value is -1.95. The fourth-order valence-electron chi connectivity index (χ4n) is 2.95. The van der Waals surface area contributed by atoms with E-state index in [4.69, 9.17) is 5.73 Å². The quantitative estimate of drug-likeness (QED) is 0.907. The van der Waals surface area contributed by atoms with Crippen molar-refractivity contribution in [2.24, 2.45) is 11.7 Å². The van der Waals surface area contributed by atoms with E-state index in [1.165, 1.54) is 12.8 Å². The van der Waals surface area contributed by atoms with Crippen molar-refractivity contribution in [2.45, 2.75) is 26.3 Å². The summed E-state index contributed by atoms with van der Waals surface area (Å²) in [6.07, 6.45) is 6.11. The molecule has 0 unspecified atom stereocenters. The highest BCUT2D eigenvalue weighted by atomic mass is 16.1. The van der Waals surface area contributed by atoms with E-state index in [0.717, 1.165) is 31.1 Å². The van der Waals surface area contributed by atoms with Gasteiger partial charge in [0.25, 0.3) is 5.91 Å². The molecule has 3 rings (SSSR count). The smallest absolute Gasteiger partial charge is 0.252 e. The van der Waals surface area contributed by atoms with Crippen molar-refractivity contribution in [3.8, 4) is 0 Å². The van der Waals surface area contributed by atoms with Crippen molar-refractivity contribution < 1.29 is 4.79 Å². The molecule has 6 nitrogen and oxygen atoms in total. The lowest BCUT2D eigenvalue weighted by Gasteiger charge is -2.30. The molecule has 2 aromatic rings. The number of fused-ring (bicyclic) bond motifs is 1. The summed E-state index contributed by atoms with van der Waals surface area (Å²) in [4.78, 5) is 14.0. The molecule has 3 heterocycles. The number of pyridine rings is 1. The van der Waals surface area contributed by atoms with Crippen molar-refractivity contribution in [1.82, 2.24) is 19.5 Å². The van der Waals surface area contributed by atoms with Gasteiger partial charge in [-0.25, -0.2) is 0 Å². The van der Waals surface area contributed by atoms with Crippen LogP contribution in [0.1, 0.15) is 35.7 Å². The fourth-order valence-corrected chi connectivity index (χ4v) is 2.95. The van der Waals surface area contributed by atoms with Crippen LogP contribution >= 0.6 is 0 Å². The van der Waals surface area contributed by atoms with E-state index in [1.54, 1.807) is 10.7 Å². The molecule has 2 aromatic heterocycles. The zero-order valence-corrected chi connectivity index (χ0v) is 11.6. The third kappa shape index (κ3) is 2.51. The van der Waals surface area contributed by atoms with E-state index in [9.17, 15) is 4.79 Å². The van der Waals surface area contributed by atoms with Crippen LogP contribution in [-0.4, -0.2) is 38.5 Å². The molecule has 0 radical (unpaired) electrons. The number of carbonyl (C=O) groups excluding carboxylic acids is 1. The maximum Gasteiger partial charge on any atom is 0.252 e. The molecule has 1 amide bonds. The average molecular weight is 273 g/mol. The van der Waals surface area contributed by atoms with Gasteiger partial charge in [-0.3, -0.25) is 14.1 Å². The summed E-state index contributed by atoms with van der Waals surface area (Å²) >= 11 is 0. The van der Waals surface area contributed by atoms with Crippen LogP contribution < -0.4 is 5.73 Å². The Bertz CT molecular complexity index is 636. The molecule has 106 valence electrons. The second-order valence-electron chi connectivity index (χ2n) is 5.67. The van der Waals surface area contributed by atoms with Crippen LogP contribution in [0.15, 0.2) is 18.6 Å². The van der Waals surface area contributed by atoms with Gasteiger partial charge >= 0.3 is 0 Å². The zero-order valence-electron chi connectivity index (χ0n) is 11.6. The van der Waals surface area contributed by atoms with Crippen molar-refractivity contribution in [3.63, 3.8) is 0 Å². The van der Waals surface area contributed by atoms with Crippen LogP contribution in [0.4, 0.5) is 0 Å². The topological polar surface area (TPSA) is 76.5 Å². The van der Waals surface area contributed by atoms with Gasteiger partial charge in [0.05, 0.1) is 5.56 Å². The Balaban J connectivity index is 1.89. The summed E-state index contributed by atoms with van der Waals surface area (Å²) in [5.41, 5.74) is 7.46. The minimum atomic E-state index is -0.461. The first kappa shape index (κ1) is 13.1. The largest absolute Gasteiger partial charge is 0.365 e. The maximum absolute atomic E-state index is 11.5. The summed E-state index contributed by atoms with van der Waals surface area (Å²) in [6, 6.07) is 1.84. The van der Waals surface area contributed by atoms with Gasteiger partial charge < -0.3 is 5.73 Å². The molecule has 1 atom stereocenters. The number of amides is 1. The van der Waals surface area contributed by atoms with Gasteiger partial charge in [-0.05, 0) is 36.9 Å². The van der Waals surface area contributed by atoms with E-state index < -0.39 is 5.91 Å². The minimum Gasteiger partial charge on any atom is -0.365 e. The normalized spacial score (nSPS) is 20.4. The van der Waals surface area contributed by atoms with Gasteiger partial charge in [0.2, 0.25) is 0 Å². The van der Waals surface area contributed by atoms with Gasteiger partial charge in [0.15, 0.2) is 5.65 Å². The number of carbonyl (C=O) groups is 1. The minimum absolute atomic E-state index is 0.435. The van der Waals surface area contributed by atoms with Crippen LogP contribution in [0.3, 0.4) is 0 Å². The molecule has 0 bridgehead atoms. The molecular formula is C14H19N5O. The summed E-state index contributed by atoms with van der Waals surface area (Å²) in [7, 11) is 0. The molecule has 0 saturated carbocycles. The van der Waals surface area contributed by atoms with Crippen LogP contribution in [0.2, 0.25) is 0 Å². The van der Waals surface area contributed by atoms with Gasteiger partial charge in [-0.1, -0.05) is 6.92 Å². The second kappa shape index (κ2) is 5.20. The molecule has 6 heteroatoms. The monoisotopic (exact) mass is 273 g/mol. The number of primary amides is 1. The van der Waals surface area contributed by atoms with Crippen molar-refractivity contribution in [3.05, 3.63) is 29.7 Å². The molecular weight excluding hydrogens is 254 g/mol. The number of nitrogens with two attached hydrogens (primary N) is 1. The number of rotatable bonds is 3. The molecule has 2 N–H and O–H groups in total. The number of piperidine rings is 1. The SMILES string of the molecule is C[C@@H]1CCCN(Cc2cc(C(N)=O)c3nncn3c2)C1. The van der Waals surface area contributed by atoms with Crippen LogP contribution in [0, 0.1) is 5.92 Å². The second-order valence-corrected chi connectivity index (χ2v) is 5.67. The highest BCUT2D eigenvalue weighted by Crippen LogP contribution is 2.19. The number of aromatic nitrogens is 3. The first-order valence-corrected chi connectivity index (χ1v) is 6.98. The molecule has 0 aliphatic carbocycles. The maximum atomic E-state index is 11.5. The van der Waals surface area contributed by atoms with Gasteiger partial charge in [0.1, 0.15) is 6.33 Å². The number of hydrogen-bond acceptors (Lipinski definition) is 4. The van der Waals surface area contributed by atoms with Crippen molar-refractivity contribution in [1.29, 1.82) is 0 Å². The molecule has 1 aliphatic heterocycles. The van der Waals surface area contributed by atoms with Crippen LogP contribution in [0.25, 0.3) is 5.65 Å². The molecule has 0 aromatic carbocycles.